The standard InChI is InChI=1S/C26H30ClN5S/c1-17-12-18(2)15-31(14-17)23-8-7-20(13-21(23)27)32-25(19-9-11-30(3)16-19)24(29-26(32)33)22-6-4-5-10-28-22/h4-11,13,16-18,24-25H,12,14-15H2,1-3H3,(H,29,33)/t17-,18+,24-,25-/m1/s1. The number of anilines is 2. The molecule has 33 heavy (non-hydrogen) atoms. The van der Waals surface area contributed by atoms with Gasteiger partial charge in [0.1, 0.15) is 0 Å². The minimum absolute atomic E-state index is 0.0226. The average molecular weight is 480 g/mol. The Morgan fingerprint density at radius 3 is 2.52 bits per heavy atom. The molecule has 0 spiro atoms. The van der Waals surface area contributed by atoms with Crippen LogP contribution in [0.4, 0.5) is 11.4 Å². The van der Waals surface area contributed by atoms with Crippen LogP contribution in [-0.4, -0.2) is 27.8 Å². The minimum atomic E-state index is -0.0525. The molecule has 0 aliphatic carbocycles. The van der Waals surface area contributed by atoms with Gasteiger partial charge in [0, 0.05) is 44.4 Å². The number of piperidine rings is 1. The molecule has 5 nitrogen and oxygen atoms in total. The van der Waals surface area contributed by atoms with Gasteiger partial charge in [-0.05, 0) is 72.4 Å². The van der Waals surface area contributed by atoms with Crippen LogP contribution in [0.3, 0.4) is 0 Å². The van der Waals surface area contributed by atoms with Crippen LogP contribution in [0.15, 0.2) is 61.1 Å². The maximum absolute atomic E-state index is 6.89. The van der Waals surface area contributed by atoms with Crippen molar-refractivity contribution in [1.82, 2.24) is 14.9 Å². The number of aromatic nitrogens is 2. The van der Waals surface area contributed by atoms with Crippen LogP contribution >= 0.6 is 23.8 Å². The van der Waals surface area contributed by atoms with Crippen LogP contribution in [0, 0.1) is 11.8 Å². The maximum atomic E-state index is 6.89. The lowest BCUT2D eigenvalue weighted by Gasteiger charge is -2.37. The van der Waals surface area contributed by atoms with Gasteiger partial charge in [-0.3, -0.25) is 4.98 Å². The van der Waals surface area contributed by atoms with E-state index in [2.05, 4.69) is 81.2 Å². The van der Waals surface area contributed by atoms with Crippen molar-refractivity contribution < 1.29 is 0 Å². The number of pyridine rings is 1. The number of hydrogen-bond donors (Lipinski definition) is 1. The van der Waals surface area contributed by atoms with Gasteiger partial charge in [0.15, 0.2) is 5.11 Å². The van der Waals surface area contributed by atoms with Crippen LogP contribution in [0.2, 0.25) is 5.02 Å². The van der Waals surface area contributed by atoms with Crippen LogP contribution in [0.5, 0.6) is 0 Å². The van der Waals surface area contributed by atoms with Crippen molar-refractivity contribution in [3.05, 3.63) is 77.3 Å². The van der Waals surface area contributed by atoms with Crippen molar-refractivity contribution in [2.75, 3.05) is 22.9 Å². The molecule has 4 heterocycles. The van der Waals surface area contributed by atoms with E-state index in [1.165, 1.54) is 12.0 Å². The molecule has 1 N–H and O–H groups in total. The molecule has 1 aromatic carbocycles. The molecule has 0 unspecified atom stereocenters. The molecular formula is C26H30ClN5S. The highest BCUT2D eigenvalue weighted by molar-refractivity contribution is 7.80. The second-order valence-corrected chi connectivity index (χ2v) is 10.4. The molecule has 2 aromatic heterocycles. The van der Waals surface area contributed by atoms with Crippen molar-refractivity contribution in [1.29, 1.82) is 0 Å². The van der Waals surface area contributed by atoms with Crippen molar-refractivity contribution in [3.8, 4) is 0 Å². The van der Waals surface area contributed by atoms with Gasteiger partial charge >= 0.3 is 0 Å². The van der Waals surface area contributed by atoms with Gasteiger partial charge in [0.2, 0.25) is 0 Å². The highest BCUT2D eigenvalue weighted by atomic mass is 35.5. The monoisotopic (exact) mass is 479 g/mol. The molecule has 172 valence electrons. The van der Waals surface area contributed by atoms with Crippen LogP contribution in [-0.2, 0) is 7.05 Å². The molecule has 0 amide bonds. The average Bonchev–Trinajstić information content (AvgIpc) is 3.36. The lowest BCUT2D eigenvalue weighted by atomic mass is 9.91. The third kappa shape index (κ3) is 4.34. The fourth-order valence-corrected chi connectivity index (χ4v) is 6.07. The highest BCUT2D eigenvalue weighted by Crippen LogP contribution is 2.43. The Bertz CT molecular complexity index is 1140. The second kappa shape index (κ2) is 8.99. The first-order valence-corrected chi connectivity index (χ1v) is 12.4. The SMILES string of the molecule is C[C@@H]1C[C@H](C)CN(c2ccc(N3C(=S)N[C@H](c4ccccn4)[C@H]3c3ccn(C)c3)cc2Cl)C1. The Labute approximate surface area is 206 Å². The number of nitrogens with one attached hydrogen (secondary N) is 1. The minimum Gasteiger partial charge on any atom is -0.370 e. The number of nitrogens with zero attached hydrogens (tertiary/aromatic N) is 4. The van der Waals surface area contributed by atoms with E-state index in [1.807, 2.05) is 25.4 Å². The summed E-state index contributed by atoms with van der Waals surface area (Å²) in [6.07, 6.45) is 7.32. The summed E-state index contributed by atoms with van der Waals surface area (Å²) in [5, 5.41) is 4.97. The van der Waals surface area contributed by atoms with E-state index in [0.29, 0.717) is 16.9 Å². The lowest BCUT2D eigenvalue weighted by molar-refractivity contribution is 0.357. The molecule has 0 saturated carbocycles. The Balaban J connectivity index is 1.51. The fraction of sp³-hybridized carbons (Fsp3) is 0.385. The summed E-state index contributed by atoms with van der Waals surface area (Å²) in [6, 6.07) is 14.4. The topological polar surface area (TPSA) is 36.3 Å². The van der Waals surface area contributed by atoms with E-state index < -0.39 is 0 Å². The van der Waals surface area contributed by atoms with E-state index in [1.54, 1.807) is 0 Å². The molecule has 2 aliphatic heterocycles. The van der Waals surface area contributed by atoms with Gasteiger partial charge in [0.05, 0.1) is 28.5 Å². The largest absolute Gasteiger partial charge is 0.370 e. The fourth-order valence-electron chi connectivity index (χ4n) is 5.43. The summed E-state index contributed by atoms with van der Waals surface area (Å²) in [4.78, 5) is 9.23. The molecule has 4 atom stereocenters. The Kier molecular flexibility index (Phi) is 6.06. The number of benzene rings is 1. The van der Waals surface area contributed by atoms with Crippen molar-refractivity contribution in [2.24, 2.45) is 18.9 Å². The van der Waals surface area contributed by atoms with Crippen LogP contribution in [0.1, 0.15) is 43.6 Å². The molecule has 0 radical (unpaired) electrons. The quantitative estimate of drug-likeness (QED) is 0.483. The number of halogens is 1. The van der Waals surface area contributed by atoms with Crippen LogP contribution in [0.25, 0.3) is 0 Å². The number of aryl methyl sites for hydroxylation is 1. The van der Waals surface area contributed by atoms with Gasteiger partial charge in [0.25, 0.3) is 0 Å². The number of rotatable bonds is 4. The summed E-state index contributed by atoms with van der Waals surface area (Å²) in [6.45, 7) is 6.73. The van der Waals surface area contributed by atoms with E-state index >= 15 is 0 Å². The first-order chi connectivity index (χ1) is 15.9. The van der Waals surface area contributed by atoms with Gasteiger partial charge in [-0.2, -0.15) is 0 Å². The first-order valence-electron chi connectivity index (χ1n) is 11.6. The van der Waals surface area contributed by atoms with Gasteiger partial charge in [-0.25, -0.2) is 0 Å². The Morgan fingerprint density at radius 2 is 1.88 bits per heavy atom. The highest BCUT2D eigenvalue weighted by Gasteiger charge is 2.41. The molecule has 0 bridgehead atoms. The van der Waals surface area contributed by atoms with E-state index in [4.69, 9.17) is 23.8 Å². The third-order valence-electron chi connectivity index (χ3n) is 6.71. The molecule has 2 saturated heterocycles. The third-order valence-corrected chi connectivity index (χ3v) is 7.33. The summed E-state index contributed by atoms with van der Waals surface area (Å²) in [5.74, 6) is 1.34. The Hall–Kier alpha value is -2.57. The van der Waals surface area contributed by atoms with Crippen molar-refractivity contribution in [2.45, 2.75) is 32.4 Å². The molecular weight excluding hydrogens is 450 g/mol. The zero-order valence-corrected chi connectivity index (χ0v) is 20.9. The van der Waals surface area contributed by atoms with Crippen molar-refractivity contribution >= 4 is 40.3 Å². The number of hydrogen-bond acceptors (Lipinski definition) is 3. The van der Waals surface area contributed by atoms with Crippen LogP contribution < -0.4 is 15.1 Å². The summed E-state index contributed by atoms with van der Waals surface area (Å²) in [7, 11) is 2.04. The van der Waals surface area contributed by atoms with Crippen molar-refractivity contribution in [3.63, 3.8) is 0 Å². The molecule has 2 aliphatic rings. The van der Waals surface area contributed by atoms with Gasteiger partial charge in [-0.15, -0.1) is 0 Å². The molecule has 7 heteroatoms. The normalized spacial score (nSPS) is 25.4. The van der Waals surface area contributed by atoms with E-state index in [0.717, 1.165) is 35.2 Å². The van der Waals surface area contributed by atoms with E-state index in [-0.39, 0.29) is 12.1 Å². The summed E-state index contributed by atoms with van der Waals surface area (Å²) in [5.41, 5.74) is 4.25. The van der Waals surface area contributed by atoms with E-state index in [9.17, 15) is 0 Å². The Morgan fingerprint density at radius 1 is 1.09 bits per heavy atom. The van der Waals surface area contributed by atoms with Gasteiger partial charge < -0.3 is 19.7 Å². The predicted octanol–water partition coefficient (Wildman–Crippen LogP) is 5.73. The molecule has 2 fully saturated rings. The molecule has 5 rings (SSSR count). The number of thiocarbonyl (C=S) groups is 1. The molecule has 3 aromatic rings. The smallest absolute Gasteiger partial charge is 0.174 e. The first kappa shape index (κ1) is 22.2. The second-order valence-electron chi connectivity index (χ2n) is 9.59. The lowest BCUT2D eigenvalue weighted by Crippen LogP contribution is -2.38. The zero-order chi connectivity index (χ0) is 23.1. The summed E-state index contributed by atoms with van der Waals surface area (Å²) < 4.78 is 2.07. The van der Waals surface area contributed by atoms with Gasteiger partial charge in [-0.1, -0.05) is 31.5 Å². The maximum Gasteiger partial charge on any atom is 0.174 e. The predicted molar refractivity (Wildman–Crippen MR) is 140 cm³/mol. The zero-order valence-electron chi connectivity index (χ0n) is 19.3. The summed E-state index contributed by atoms with van der Waals surface area (Å²) >= 11 is 12.7.